The predicted molar refractivity (Wildman–Crippen MR) is 79.7 cm³/mol. The van der Waals surface area contributed by atoms with Crippen molar-refractivity contribution in [2.75, 3.05) is 0 Å². The van der Waals surface area contributed by atoms with Crippen LogP contribution in [0.5, 0.6) is 0 Å². The van der Waals surface area contributed by atoms with Crippen LogP contribution in [0.25, 0.3) is 0 Å². The smallest absolute Gasteiger partial charge is 0.00497 e. The number of thioether (sulfide) groups is 1. The minimum Gasteiger partial charge on any atom is -0.155 e. The summed E-state index contributed by atoms with van der Waals surface area (Å²) in [6.45, 7) is 5.00. The van der Waals surface area contributed by atoms with Crippen LogP contribution in [0.3, 0.4) is 0 Å². The topological polar surface area (TPSA) is 0 Å². The Morgan fingerprint density at radius 3 is 1.35 bits per heavy atom. The van der Waals surface area contributed by atoms with Crippen molar-refractivity contribution in [3.05, 3.63) is 0 Å². The fraction of sp³-hybridized carbons (Fsp3) is 1.00. The van der Waals surface area contributed by atoms with Gasteiger partial charge in [-0.15, -0.1) is 0 Å². The first-order chi connectivity index (χ1) is 8.27. The third-order valence-electron chi connectivity index (χ3n) is 5.06. The molecule has 0 aromatic rings. The average Bonchev–Trinajstić information content (AvgIpc) is 2.40. The van der Waals surface area contributed by atoms with Gasteiger partial charge in [0.25, 0.3) is 0 Å². The van der Waals surface area contributed by atoms with Gasteiger partial charge in [0, 0.05) is 10.5 Å². The predicted octanol–water partition coefficient (Wildman–Crippen LogP) is 5.66. The molecule has 17 heavy (non-hydrogen) atoms. The molecular weight excluding hydrogens is 224 g/mol. The fourth-order valence-corrected chi connectivity index (χ4v) is 5.43. The molecular formula is C16H30S. The Bertz CT molecular complexity index is 180. The highest BCUT2D eigenvalue weighted by Gasteiger charge is 2.26. The highest BCUT2D eigenvalue weighted by Crippen LogP contribution is 2.39. The van der Waals surface area contributed by atoms with Gasteiger partial charge in [-0.05, 0) is 37.5 Å². The Kier molecular flexibility index (Phi) is 5.72. The highest BCUT2D eigenvalue weighted by molar-refractivity contribution is 8.00. The first-order valence-corrected chi connectivity index (χ1v) is 8.87. The molecule has 0 amide bonds. The molecule has 2 rings (SSSR count). The van der Waals surface area contributed by atoms with E-state index in [1.807, 2.05) is 0 Å². The Labute approximate surface area is 112 Å². The van der Waals surface area contributed by atoms with Gasteiger partial charge in [-0.1, -0.05) is 52.4 Å². The molecule has 2 saturated carbocycles. The summed E-state index contributed by atoms with van der Waals surface area (Å²) in [4.78, 5) is 0. The standard InChI is InChI=1S/C16H30S/c1-13(15-9-5-3-6-10-15)17-14(2)16-11-7-4-8-12-16/h13-16H,3-12H2,1-2H3. The maximum absolute atomic E-state index is 2.50. The van der Waals surface area contributed by atoms with E-state index in [1.54, 1.807) is 0 Å². The van der Waals surface area contributed by atoms with Gasteiger partial charge in [0.1, 0.15) is 0 Å². The van der Waals surface area contributed by atoms with Crippen molar-refractivity contribution in [2.24, 2.45) is 11.8 Å². The molecule has 1 heteroatoms. The number of hydrogen-bond donors (Lipinski definition) is 0. The Hall–Kier alpha value is 0.350. The summed E-state index contributed by atoms with van der Waals surface area (Å²) in [7, 11) is 0. The van der Waals surface area contributed by atoms with Crippen LogP contribution < -0.4 is 0 Å². The van der Waals surface area contributed by atoms with Crippen LogP contribution >= 0.6 is 11.8 Å². The molecule has 0 aromatic carbocycles. The highest BCUT2D eigenvalue weighted by atomic mass is 32.2. The summed E-state index contributed by atoms with van der Waals surface area (Å²) in [6, 6.07) is 0. The molecule has 0 radical (unpaired) electrons. The van der Waals surface area contributed by atoms with Crippen LogP contribution in [0.15, 0.2) is 0 Å². The monoisotopic (exact) mass is 254 g/mol. The van der Waals surface area contributed by atoms with E-state index in [0.717, 1.165) is 22.3 Å². The lowest BCUT2D eigenvalue weighted by molar-refractivity contribution is 0.345. The zero-order chi connectivity index (χ0) is 12.1. The maximum atomic E-state index is 2.50. The van der Waals surface area contributed by atoms with E-state index in [0.29, 0.717) is 0 Å². The third-order valence-corrected chi connectivity index (χ3v) is 6.69. The number of hydrogen-bond acceptors (Lipinski definition) is 1. The van der Waals surface area contributed by atoms with Gasteiger partial charge < -0.3 is 0 Å². The van der Waals surface area contributed by atoms with E-state index >= 15 is 0 Å². The third kappa shape index (κ3) is 4.19. The van der Waals surface area contributed by atoms with Gasteiger partial charge in [0.2, 0.25) is 0 Å². The molecule has 0 nitrogen and oxygen atoms in total. The molecule has 2 aliphatic carbocycles. The lowest BCUT2D eigenvalue weighted by Crippen LogP contribution is -2.24. The SMILES string of the molecule is CC(SC(C)C1CCCCC1)C1CCCCC1. The lowest BCUT2D eigenvalue weighted by atomic mass is 9.87. The number of rotatable bonds is 4. The van der Waals surface area contributed by atoms with Gasteiger partial charge in [0.15, 0.2) is 0 Å². The second-order valence-electron chi connectivity index (χ2n) is 6.34. The second-order valence-corrected chi connectivity index (χ2v) is 8.10. The largest absolute Gasteiger partial charge is 0.155 e. The minimum absolute atomic E-state index is 0.909. The molecule has 2 atom stereocenters. The van der Waals surface area contributed by atoms with Gasteiger partial charge in [-0.2, -0.15) is 11.8 Å². The van der Waals surface area contributed by atoms with Crippen LogP contribution in [-0.2, 0) is 0 Å². The van der Waals surface area contributed by atoms with Crippen molar-refractivity contribution >= 4 is 11.8 Å². The quantitative estimate of drug-likeness (QED) is 0.624. The van der Waals surface area contributed by atoms with E-state index in [1.165, 1.54) is 64.2 Å². The normalized spacial score (nSPS) is 27.9. The minimum atomic E-state index is 0.909. The van der Waals surface area contributed by atoms with Crippen molar-refractivity contribution < 1.29 is 0 Å². The van der Waals surface area contributed by atoms with Gasteiger partial charge >= 0.3 is 0 Å². The van der Waals surface area contributed by atoms with E-state index in [4.69, 9.17) is 0 Å². The molecule has 0 heterocycles. The Balaban J connectivity index is 1.74. The van der Waals surface area contributed by atoms with Crippen LogP contribution in [0, 0.1) is 11.8 Å². The molecule has 2 fully saturated rings. The van der Waals surface area contributed by atoms with Crippen LogP contribution in [0.4, 0.5) is 0 Å². The molecule has 100 valence electrons. The molecule has 0 aliphatic heterocycles. The molecule has 2 aliphatic rings. The summed E-state index contributed by atoms with van der Waals surface area (Å²) in [5.74, 6) is 2.06. The van der Waals surface area contributed by atoms with Crippen molar-refractivity contribution in [3.63, 3.8) is 0 Å². The van der Waals surface area contributed by atoms with Gasteiger partial charge in [-0.25, -0.2) is 0 Å². The average molecular weight is 254 g/mol. The molecule has 0 bridgehead atoms. The molecule has 0 N–H and O–H groups in total. The fourth-order valence-electron chi connectivity index (χ4n) is 3.77. The van der Waals surface area contributed by atoms with Crippen molar-refractivity contribution in [1.29, 1.82) is 0 Å². The first kappa shape index (κ1) is 13.8. The van der Waals surface area contributed by atoms with Crippen LogP contribution in [-0.4, -0.2) is 10.5 Å². The summed E-state index contributed by atoms with van der Waals surface area (Å²) in [5, 5.41) is 1.82. The molecule has 0 saturated heterocycles. The summed E-state index contributed by atoms with van der Waals surface area (Å²) in [5.41, 5.74) is 0. The second kappa shape index (κ2) is 7.07. The zero-order valence-electron chi connectivity index (χ0n) is 11.8. The maximum Gasteiger partial charge on any atom is 0.00497 e. The Morgan fingerprint density at radius 2 is 1.00 bits per heavy atom. The van der Waals surface area contributed by atoms with Crippen LogP contribution in [0.2, 0.25) is 0 Å². The van der Waals surface area contributed by atoms with Crippen LogP contribution in [0.1, 0.15) is 78.1 Å². The van der Waals surface area contributed by atoms with Crippen molar-refractivity contribution in [1.82, 2.24) is 0 Å². The van der Waals surface area contributed by atoms with Gasteiger partial charge in [-0.3, -0.25) is 0 Å². The van der Waals surface area contributed by atoms with E-state index in [2.05, 4.69) is 25.6 Å². The molecule has 2 unspecified atom stereocenters. The van der Waals surface area contributed by atoms with E-state index < -0.39 is 0 Å². The summed E-state index contributed by atoms with van der Waals surface area (Å²) in [6.07, 6.45) is 15.0. The van der Waals surface area contributed by atoms with Crippen molar-refractivity contribution in [3.8, 4) is 0 Å². The van der Waals surface area contributed by atoms with Gasteiger partial charge in [0.05, 0.1) is 0 Å². The molecule has 0 spiro atoms. The zero-order valence-corrected chi connectivity index (χ0v) is 12.6. The van der Waals surface area contributed by atoms with E-state index in [9.17, 15) is 0 Å². The lowest BCUT2D eigenvalue weighted by Gasteiger charge is -2.33. The summed E-state index contributed by atoms with van der Waals surface area (Å²) >= 11 is 2.31. The molecule has 0 aromatic heterocycles. The Morgan fingerprint density at radius 1 is 0.647 bits per heavy atom. The van der Waals surface area contributed by atoms with E-state index in [-0.39, 0.29) is 0 Å². The first-order valence-electron chi connectivity index (χ1n) is 7.93. The summed E-state index contributed by atoms with van der Waals surface area (Å²) < 4.78 is 0. The van der Waals surface area contributed by atoms with Crippen molar-refractivity contribution in [2.45, 2.75) is 88.6 Å².